The topological polar surface area (TPSA) is 356 Å². The van der Waals surface area contributed by atoms with Crippen LogP contribution in [0.5, 0.6) is 0 Å². The molecule has 11 aromatic carbocycles. The molecule has 1 aliphatic carbocycles. The summed E-state index contributed by atoms with van der Waals surface area (Å²) >= 11 is 0. The van der Waals surface area contributed by atoms with Crippen LogP contribution in [0.3, 0.4) is 0 Å². The molecule has 6 amide bonds. The van der Waals surface area contributed by atoms with E-state index in [9.17, 15) is 24.6 Å². The van der Waals surface area contributed by atoms with Crippen LogP contribution in [-0.4, -0.2) is 208 Å². The average Bonchev–Trinajstić information content (AvgIpc) is 1.39. The Labute approximate surface area is 826 Å². The maximum atomic E-state index is 15.2. The molecule has 6 heterocycles. The van der Waals surface area contributed by atoms with Crippen molar-refractivity contribution in [2.24, 2.45) is 5.92 Å². The summed E-state index contributed by atoms with van der Waals surface area (Å²) < 4.78 is 105. The van der Waals surface area contributed by atoms with Gasteiger partial charge in [0.15, 0.2) is 37.4 Å². The maximum absolute atomic E-state index is 15.2. The SMILES string of the molecule is CC(C)(C[C@H]1[C@H](O[C@@H]2[C@H]3OC(=O)N[C@@H]3C[C@H](NC(=O)OCc3ccccc3)[C@H]2O[C@H]2O[C@@H]3CN(C(=O)OCc4ccccc4)C(c4ccccc4)O[C@H]3[C@@H](O)[C@H]2NC(=O)OCc2ccccc2)O[C@H](CO[Si](c2ccccc2)(c2ccccc2)C(C)(C)C)[C@H]1O[C@H]1O[C@H]2CN(C(=O)OCc3ccccc3)C(c3ccccc3)O[C@H]2[C@H](O)[C@H]1NC(=O)OCc1ccccc1)[Si](O)(c1ccccc1)c1ccccc1. The summed E-state index contributed by atoms with van der Waals surface area (Å²) in [6.45, 7) is 8.39. The smallest absolute Gasteiger partial charge is 0.412 e. The fourth-order valence-corrected chi connectivity index (χ4v) is 29.0. The first kappa shape index (κ1) is 99.1. The number of ether oxygens (including phenoxy) is 14. The molecule has 7 N–H and O–H groups in total. The minimum absolute atomic E-state index is 0.126. The lowest BCUT2D eigenvalue weighted by Crippen LogP contribution is -2.71. The normalized spacial score (nSPS) is 26.4. The monoisotopic (exact) mass is 1960 g/mol. The van der Waals surface area contributed by atoms with Gasteiger partial charge in [-0.15, -0.1) is 0 Å². The number of rotatable bonds is 31. The quantitative estimate of drug-likeness (QED) is 0.0157. The van der Waals surface area contributed by atoms with Crippen LogP contribution in [-0.2, 0) is 104 Å². The Kier molecular flexibility index (Phi) is 31.2. The Morgan fingerprint density at radius 3 is 1.12 bits per heavy atom. The van der Waals surface area contributed by atoms with Gasteiger partial charge < -0.3 is 107 Å². The van der Waals surface area contributed by atoms with Gasteiger partial charge in [-0.25, -0.2) is 28.8 Å². The molecule has 30 nitrogen and oxygen atoms in total. The van der Waals surface area contributed by atoms with Crippen LogP contribution in [0.1, 0.15) is 98.9 Å². The Morgan fingerprint density at radius 2 is 0.739 bits per heavy atom. The van der Waals surface area contributed by atoms with Crippen LogP contribution >= 0.6 is 0 Å². The van der Waals surface area contributed by atoms with E-state index in [-0.39, 0.29) is 65.6 Å². The maximum Gasteiger partial charge on any atom is 0.412 e. The van der Waals surface area contributed by atoms with Crippen molar-refractivity contribution in [2.45, 2.75) is 213 Å². The molecule has 0 aromatic heterocycles. The van der Waals surface area contributed by atoms with Crippen LogP contribution < -0.4 is 42.0 Å². The summed E-state index contributed by atoms with van der Waals surface area (Å²) in [6.07, 6.45) is -30.2. The minimum Gasteiger partial charge on any atom is -0.445 e. The fourth-order valence-electron chi connectivity index (χ4n) is 20.6. The number of alkyl carbamates (subject to hydrolysis) is 4. The zero-order chi connectivity index (χ0) is 98.5. The molecule has 18 rings (SSSR count). The van der Waals surface area contributed by atoms with Crippen LogP contribution in [0.25, 0.3) is 0 Å². The van der Waals surface area contributed by atoms with Gasteiger partial charge in [-0.2, -0.15) is 0 Å². The molecule has 7 aliphatic rings. The standard InChI is InChI=1S/C110H118N6O24Si2/c1-109(2,3)142(80-57-35-15-36-58-80,81-59-37-16-38-60-81)131-70-87-92(137-101-88(113-104(120)127-66-72-41-19-7-20-42-72)90(117)95-85(132-101)63-115(98(135-95)76-49-27-11-28-50-76)107(123)129-68-74-45-23-9-24-46-74)82(62-110(4,5)141(125,78-53-31-13-32-54-78)79-55-33-14-34-56-79)100(134-87)139-97-93(83(61-84-94(97)140-106(122)112-84)111-103(119)126-65-71-39-17-6-18-40-71)138-102-89(114-105(121)128-67-73-43-21-8-22-44-73)91(118)96-86(133-102)64-116(99(136-96)77-51-29-12-30-52-77)108(124)130-69-75-47-25-10-26-48-75/h6-60,82-102,117-118,125H,61-70H2,1-5H3,(H,111,119)(H,112,122)(H,113,120)(H,114,121)/t82-,83+,84-,85+,86-,87-,88-,89-,90-,91+,92+,93-,94+,95-,96-,97+,98?,99?,100+,101-,102-/m1/s1. The van der Waals surface area contributed by atoms with E-state index in [1.807, 2.05) is 220 Å². The molecule has 0 radical (unpaired) electrons. The summed E-state index contributed by atoms with van der Waals surface area (Å²) in [6, 6.07) is 95.9. The third kappa shape index (κ3) is 22.3. The number of aliphatic hydroxyl groups is 2. The Balaban J connectivity index is 0.796. The highest BCUT2D eigenvalue weighted by Gasteiger charge is 2.64. The molecule has 1 saturated carbocycles. The third-order valence-corrected chi connectivity index (χ3v) is 37.1. The van der Waals surface area contributed by atoms with E-state index in [0.29, 0.717) is 49.3 Å². The number of amides is 6. The van der Waals surface area contributed by atoms with Crippen LogP contribution in [0.15, 0.2) is 334 Å². The number of fused-ring (bicyclic) bond motifs is 3. The zero-order valence-corrected chi connectivity index (χ0v) is 81.3. The zero-order valence-electron chi connectivity index (χ0n) is 79.3. The molecule has 2 unspecified atom stereocenters. The lowest BCUT2D eigenvalue weighted by Gasteiger charge is -2.52. The molecule has 0 bridgehead atoms. The molecule has 11 aromatic rings. The first-order chi connectivity index (χ1) is 68.9. The third-order valence-electron chi connectivity index (χ3n) is 27.6. The van der Waals surface area contributed by atoms with Crippen LogP contribution in [0, 0.1) is 5.92 Å². The molecule has 6 aliphatic heterocycles. The van der Waals surface area contributed by atoms with Crippen molar-refractivity contribution in [3.8, 4) is 0 Å². The number of carbonyl (C=O) groups is 6. The van der Waals surface area contributed by atoms with E-state index in [1.54, 1.807) is 127 Å². The van der Waals surface area contributed by atoms with Gasteiger partial charge in [0.25, 0.3) is 16.6 Å². The largest absolute Gasteiger partial charge is 0.445 e. The first-order valence-corrected chi connectivity index (χ1v) is 51.9. The molecule has 21 atom stereocenters. The van der Waals surface area contributed by atoms with Crippen LogP contribution in [0.4, 0.5) is 28.8 Å². The van der Waals surface area contributed by atoms with Crippen molar-refractivity contribution in [2.75, 3.05) is 19.7 Å². The molecule has 32 heteroatoms. The molecule has 142 heavy (non-hydrogen) atoms. The summed E-state index contributed by atoms with van der Waals surface area (Å²) in [5, 5.41) is 40.1. The second-order valence-electron chi connectivity index (χ2n) is 38.3. The number of carbonyl (C=O) groups excluding carboxylic acids is 6. The molecule has 6 saturated heterocycles. The van der Waals surface area contributed by atoms with Crippen molar-refractivity contribution in [1.82, 2.24) is 31.1 Å². The average molecular weight is 1960 g/mol. The van der Waals surface area contributed by atoms with Gasteiger partial charge in [-0.1, -0.05) is 368 Å². The van der Waals surface area contributed by atoms with E-state index in [0.717, 1.165) is 10.4 Å². The van der Waals surface area contributed by atoms with Crippen molar-refractivity contribution >= 4 is 73.9 Å². The molecular weight excluding hydrogens is 1850 g/mol. The molecule has 7 fully saturated rings. The van der Waals surface area contributed by atoms with Crippen molar-refractivity contribution < 1.29 is 115 Å². The second kappa shape index (κ2) is 44.7. The predicted molar refractivity (Wildman–Crippen MR) is 526 cm³/mol. The molecule has 740 valence electrons. The van der Waals surface area contributed by atoms with Gasteiger partial charge in [-0.3, -0.25) is 9.80 Å². The van der Waals surface area contributed by atoms with Gasteiger partial charge in [0, 0.05) is 17.0 Å². The summed E-state index contributed by atoms with van der Waals surface area (Å²) in [7, 11) is -8.02. The Bertz CT molecular complexity index is 5900. The summed E-state index contributed by atoms with van der Waals surface area (Å²) in [5.74, 6) is -1.27. The lowest BCUT2D eigenvalue weighted by molar-refractivity contribution is -0.333. The summed E-state index contributed by atoms with van der Waals surface area (Å²) in [4.78, 5) is 108. The van der Waals surface area contributed by atoms with Crippen molar-refractivity contribution in [1.29, 1.82) is 0 Å². The van der Waals surface area contributed by atoms with Gasteiger partial charge in [0.05, 0.1) is 37.9 Å². The van der Waals surface area contributed by atoms with Crippen LogP contribution in [0.2, 0.25) is 10.1 Å². The fraction of sp³-hybridized carbons (Fsp3) is 0.345. The van der Waals surface area contributed by atoms with E-state index in [4.69, 9.17) is 70.7 Å². The second-order valence-corrected chi connectivity index (χ2v) is 46.6. The Hall–Kier alpha value is -13.0. The Morgan fingerprint density at radius 1 is 0.401 bits per heavy atom. The van der Waals surface area contributed by atoms with Crippen molar-refractivity contribution in [3.05, 3.63) is 373 Å². The lowest BCUT2D eigenvalue weighted by atomic mass is 9.83. The van der Waals surface area contributed by atoms with Gasteiger partial charge in [0.2, 0.25) is 0 Å². The number of nitrogens with one attached hydrogen (secondary N) is 4. The highest BCUT2D eigenvalue weighted by atomic mass is 28.4. The highest BCUT2D eigenvalue weighted by Crippen LogP contribution is 2.51. The first-order valence-electron chi connectivity index (χ1n) is 48.0. The van der Waals surface area contributed by atoms with Gasteiger partial charge >= 0.3 is 36.6 Å². The van der Waals surface area contributed by atoms with Crippen molar-refractivity contribution in [3.63, 3.8) is 0 Å². The minimum atomic E-state index is -4.29. The molecule has 0 spiro atoms. The van der Waals surface area contributed by atoms with E-state index < -0.39 is 192 Å². The highest BCUT2D eigenvalue weighted by molar-refractivity contribution is 6.99. The van der Waals surface area contributed by atoms with E-state index >= 15 is 19.2 Å². The van der Waals surface area contributed by atoms with Gasteiger partial charge in [-0.05, 0) is 71.5 Å². The number of nitrogens with zero attached hydrogens (tertiary/aromatic N) is 2. The van der Waals surface area contributed by atoms with Gasteiger partial charge in [0.1, 0.15) is 100 Å². The summed E-state index contributed by atoms with van der Waals surface area (Å²) in [5.41, 5.74) is 4.32. The number of hydrogen-bond acceptors (Lipinski definition) is 24. The van der Waals surface area contributed by atoms with E-state index in [2.05, 4.69) is 42.0 Å². The number of aliphatic hydroxyl groups excluding tert-OH is 2. The predicted octanol–water partition coefficient (Wildman–Crippen LogP) is 13.4. The number of hydrogen-bond donors (Lipinski definition) is 7. The van der Waals surface area contributed by atoms with E-state index in [1.165, 1.54) is 9.80 Å². The number of benzene rings is 11. The molecular formula is C110H118N6O24Si2.